The molecule has 2 aromatic carbocycles. The van der Waals surface area contributed by atoms with E-state index in [4.69, 9.17) is 0 Å². The highest BCUT2D eigenvalue weighted by Gasteiger charge is 2.12. The summed E-state index contributed by atoms with van der Waals surface area (Å²) >= 11 is 0. The summed E-state index contributed by atoms with van der Waals surface area (Å²) < 4.78 is 1.41. The second-order valence-electron chi connectivity index (χ2n) is 7.42. The minimum Gasteiger partial charge on any atom is -0.332 e. The van der Waals surface area contributed by atoms with Crippen molar-refractivity contribution in [1.29, 1.82) is 0 Å². The van der Waals surface area contributed by atoms with Crippen molar-refractivity contribution >= 4 is 22.5 Å². The maximum atomic E-state index is 12.9. The number of aryl methyl sites for hydroxylation is 2. The Morgan fingerprint density at radius 1 is 1.00 bits per heavy atom. The Kier molecular flexibility index (Phi) is 5.75. The Morgan fingerprint density at radius 2 is 1.81 bits per heavy atom. The third-order valence-corrected chi connectivity index (χ3v) is 5.18. The van der Waals surface area contributed by atoms with Crippen LogP contribution in [0, 0.1) is 13.8 Å². The first-order valence-electron chi connectivity index (χ1n) is 10.0. The van der Waals surface area contributed by atoms with Crippen LogP contribution in [0.5, 0.6) is 0 Å². The molecular formula is C24H23N5O2. The average Bonchev–Trinajstić information content (AvgIpc) is 2.78. The van der Waals surface area contributed by atoms with Gasteiger partial charge >= 0.3 is 6.03 Å². The van der Waals surface area contributed by atoms with E-state index in [1.165, 1.54) is 4.68 Å². The minimum atomic E-state index is -0.334. The van der Waals surface area contributed by atoms with E-state index in [1.54, 1.807) is 18.5 Å². The van der Waals surface area contributed by atoms with Crippen LogP contribution in [0.25, 0.3) is 10.8 Å². The molecule has 0 bridgehead atoms. The Bertz CT molecular complexity index is 1300. The van der Waals surface area contributed by atoms with Gasteiger partial charge in [-0.1, -0.05) is 30.3 Å². The molecule has 0 aliphatic rings. The van der Waals surface area contributed by atoms with E-state index < -0.39 is 0 Å². The van der Waals surface area contributed by atoms with Gasteiger partial charge in [-0.05, 0) is 54.8 Å². The zero-order chi connectivity index (χ0) is 21.8. The maximum Gasteiger partial charge on any atom is 0.319 e. The third kappa shape index (κ3) is 4.61. The van der Waals surface area contributed by atoms with E-state index in [0.29, 0.717) is 17.6 Å². The fraction of sp³-hybridized carbons (Fsp3) is 0.167. The number of hydrogen-bond acceptors (Lipinski definition) is 4. The quantitative estimate of drug-likeness (QED) is 0.521. The summed E-state index contributed by atoms with van der Waals surface area (Å²) in [4.78, 5) is 29.4. The van der Waals surface area contributed by atoms with Crippen LogP contribution in [0.1, 0.15) is 22.4 Å². The molecule has 2 amide bonds. The molecule has 2 heterocycles. The Labute approximate surface area is 179 Å². The molecule has 2 aromatic heterocycles. The molecule has 4 aromatic rings. The van der Waals surface area contributed by atoms with Crippen molar-refractivity contribution < 1.29 is 4.79 Å². The molecular weight excluding hydrogens is 390 g/mol. The normalized spacial score (nSPS) is 10.8. The second-order valence-corrected chi connectivity index (χ2v) is 7.42. The minimum absolute atomic E-state index is 0.178. The first-order valence-corrected chi connectivity index (χ1v) is 10.0. The molecule has 0 aliphatic carbocycles. The van der Waals surface area contributed by atoms with Crippen LogP contribution in [0.3, 0.4) is 0 Å². The number of amides is 2. The molecule has 0 aliphatic heterocycles. The standard InChI is InChI=1S/C24H23N5O2/c1-16-9-10-19(12-17(16)2)27-24(31)26-14-22-20-7-3-4-8-21(20)23(30)29(28-22)15-18-6-5-11-25-13-18/h3-13H,14-15H2,1-2H3,(H2,26,27,31). The number of aromatic nitrogens is 3. The highest BCUT2D eigenvalue weighted by Crippen LogP contribution is 2.15. The number of fused-ring (bicyclic) bond motifs is 1. The summed E-state index contributed by atoms with van der Waals surface area (Å²) in [6.45, 7) is 4.51. The lowest BCUT2D eigenvalue weighted by molar-refractivity contribution is 0.251. The SMILES string of the molecule is Cc1ccc(NC(=O)NCc2nn(Cc3cccnc3)c(=O)c3ccccc23)cc1C. The van der Waals surface area contributed by atoms with Gasteiger partial charge in [0.05, 0.1) is 24.2 Å². The van der Waals surface area contributed by atoms with Crippen molar-refractivity contribution in [2.45, 2.75) is 26.9 Å². The zero-order valence-electron chi connectivity index (χ0n) is 17.4. The van der Waals surface area contributed by atoms with E-state index >= 15 is 0 Å². The van der Waals surface area contributed by atoms with Gasteiger partial charge in [0.25, 0.3) is 5.56 Å². The summed E-state index contributed by atoms with van der Waals surface area (Å²) in [5.74, 6) is 0. The zero-order valence-corrected chi connectivity index (χ0v) is 17.4. The number of hydrogen-bond donors (Lipinski definition) is 2. The van der Waals surface area contributed by atoms with Gasteiger partial charge in [0, 0.05) is 23.5 Å². The van der Waals surface area contributed by atoms with E-state index in [0.717, 1.165) is 27.8 Å². The van der Waals surface area contributed by atoms with Crippen molar-refractivity contribution in [3.05, 3.63) is 99.7 Å². The number of benzene rings is 2. The summed E-state index contributed by atoms with van der Waals surface area (Å²) in [7, 11) is 0. The molecule has 0 spiro atoms. The molecule has 31 heavy (non-hydrogen) atoms. The predicted molar refractivity (Wildman–Crippen MR) is 121 cm³/mol. The number of nitrogens with one attached hydrogen (secondary N) is 2. The van der Waals surface area contributed by atoms with Crippen LogP contribution >= 0.6 is 0 Å². The summed E-state index contributed by atoms with van der Waals surface area (Å²) in [5.41, 5.74) is 4.31. The van der Waals surface area contributed by atoms with Crippen LogP contribution in [0.4, 0.5) is 10.5 Å². The molecule has 0 unspecified atom stereocenters. The summed E-state index contributed by atoms with van der Waals surface area (Å²) in [6, 6.07) is 16.4. The lowest BCUT2D eigenvalue weighted by atomic mass is 10.1. The molecule has 0 atom stereocenters. The first kappa shape index (κ1) is 20.3. The van der Waals surface area contributed by atoms with Gasteiger partial charge in [-0.15, -0.1) is 0 Å². The fourth-order valence-electron chi connectivity index (χ4n) is 3.37. The van der Waals surface area contributed by atoms with E-state index in [2.05, 4.69) is 20.7 Å². The molecule has 7 heteroatoms. The number of nitrogens with zero attached hydrogens (tertiary/aromatic N) is 3. The molecule has 7 nitrogen and oxygen atoms in total. The van der Waals surface area contributed by atoms with Crippen molar-refractivity contribution in [2.24, 2.45) is 0 Å². The van der Waals surface area contributed by atoms with E-state index in [1.807, 2.05) is 62.4 Å². The largest absolute Gasteiger partial charge is 0.332 e. The van der Waals surface area contributed by atoms with Crippen LogP contribution in [-0.2, 0) is 13.1 Å². The van der Waals surface area contributed by atoms with Crippen LogP contribution in [-0.4, -0.2) is 20.8 Å². The molecule has 0 fully saturated rings. The van der Waals surface area contributed by atoms with Gasteiger partial charge in [-0.2, -0.15) is 5.10 Å². The monoisotopic (exact) mass is 413 g/mol. The molecule has 0 radical (unpaired) electrons. The molecule has 156 valence electrons. The fourth-order valence-corrected chi connectivity index (χ4v) is 3.37. The average molecular weight is 413 g/mol. The lowest BCUT2D eigenvalue weighted by Crippen LogP contribution is -2.31. The van der Waals surface area contributed by atoms with Crippen LogP contribution < -0.4 is 16.2 Å². The number of urea groups is 1. The predicted octanol–water partition coefficient (Wildman–Crippen LogP) is 3.78. The third-order valence-electron chi connectivity index (χ3n) is 5.18. The number of carbonyl (C=O) groups is 1. The van der Waals surface area contributed by atoms with Gasteiger partial charge in [0.2, 0.25) is 0 Å². The maximum absolute atomic E-state index is 12.9. The van der Waals surface area contributed by atoms with Crippen molar-refractivity contribution in [3.8, 4) is 0 Å². The number of anilines is 1. The lowest BCUT2D eigenvalue weighted by Gasteiger charge is -2.13. The van der Waals surface area contributed by atoms with Crippen molar-refractivity contribution in [1.82, 2.24) is 20.1 Å². The Hall–Kier alpha value is -4.00. The van der Waals surface area contributed by atoms with Crippen molar-refractivity contribution in [3.63, 3.8) is 0 Å². The van der Waals surface area contributed by atoms with Gasteiger partial charge in [-0.3, -0.25) is 9.78 Å². The molecule has 2 N–H and O–H groups in total. The molecule has 0 saturated heterocycles. The summed E-state index contributed by atoms with van der Waals surface area (Å²) in [5, 5.41) is 11.5. The van der Waals surface area contributed by atoms with Gasteiger partial charge in [0.15, 0.2) is 0 Å². The molecule has 4 rings (SSSR count). The highest BCUT2D eigenvalue weighted by molar-refractivity contribution is 5.90. The van der Waals surface area contributed by atoms with Gasteiger partial charge in [-0.25, -0.2) is 9.48 Å². The number of pyridine rings is 1. The van der Waals surface area contributed by atoms with Gasteiger partial charge < -0.3 is 10.6 Å². The topological polar surface area (TPSA) is 88.9 Å². The highest BCUT2D eigenvalue weighted by atomic mass is 16.2. The number of rotatable bonds is 5. The molecule has 0 saturated carbocycles. The van der Waals surface area contributed by atoms with Crippen LogP contribution in [0.2, 0.25) is 0 Å². The second kappa shape index (κ2) is 8.79. The van der Waals surface area contributed by atoms with Crippen LogP contribution in [0.15, 0.2) is 71.8 Å². The summed E-state index contributed by atoms with van der Waals surface area (Å²) in [6.07, 6.45) is 3.39. The number of carbonyl (C=O) groups excluding carboxylic acids is 1. The Balaban J connectivity index is 1.57. The first-order chi connectivity index (χ1) is 15.0. The van der Waals surface area contributed by atoms with Gasteiger partial charge in [0.1, 0.15) is 0 Å². The van der Waals surface area contributed by atoms with E-state index in [9.17, 15) is 9.59 Å². The Morgan fingerprint density at radius 3 is 2.55 bits per heavy atom. The van der Waals surface area contributed by atoms with E-state index in [-0.39, 0.29) is 18.1 Å². The van der Waals surface area contributed by atoms with Crippen molar-refractivity contribution in [2.75, 3.05) is 5.32 Å². The smallest absolute Gasteiger partial charge is 0.319 e.